The molecule has 0 unspecified atom stereocenters. The number of nitrogens with zero attached hydrogens (tertiary/aromatic N) is 1. The number of amides is 2. The molecule has 0 saturated heterocycles. The summed E-state index contributed by atoms with van der Waals surface area (Å²) in [6.45, 7) is 1.86. The number of para-hydroxylation sites is 1. The van der Waals surface area contributed by atoms with Crippen LogP contribution in [-0.2, 0) is 10.0 Å². The Kier molecular flexibility index (Phi) is 5.39. The van der Waals surface area contributed by atoms with Gasteiger partial charge in [-0.15, -0.1) is 0 Å². The number of carbonyl (C=O) groups is 1. The van der Waals surface area contributed by atoms with E-state index in [0.717, 1.165) is 10.3 Å². The van der Waals surface area contributed by atoms with Crippen LogP contribution in [0.5, 0.6) is 0 Å². The minimum absolute atomic E-state index is 0.168. The van der Waals surface area contributed by atoms with Crippen molar-refractivity contribution < 1.29 is 13.2 Å². The number of sulfonamides is 1. The van der Waals surface area contributed by atoms with E-state index >= 15 is 0 Å². The molecule has 4 rings (SSSR count). The third-order valence-corrected chi connectivity index (χ3v) is 6.65. The van der Waals surface area contributed by atoms with Gasteiger partial charge in [0.15, 0.2) is 5.13 Å². The van der Waals surface area contributed by atoms with Crippen LogP contribution < -0.4 is 15.4 Å². The standard InChI is InChI=1S/C21H18N4O3S2/c1-14-12-16(23-20(26)22-15-8-4-2-5-9-15)13-18-19(14)24-21(29-18)25-30(27,28)17-10-6-3-7-11-17/h2-13H,1H3,(H,24,25)(H2,22,23,26). The molecule has 4 aromatic rings. The van der Waals surface area contributed by atoms with Crippen LogP contribution >= 0.6 is 11.3 Å². The SMILES string of the molecule is Cc1cc(NC(=O)Nc2ccccc2)cc2sc(NS(=O)(=O)c3ccccc3)nc12. The van der Waals surface area contributed by atoms with Gasteiger partial charge in [0.2, 0.25) is 0 Å². The van der Waals surface area contributed by atoms with Crippen molar-refractivity contribution in [2.75, 3.05) is 15.4 Å². The number of carbonyl (C=O) groups excluding carboxylic acids is 1. The molecule has 2 amide bonds. The van der Waals surface area contributed by atoms with Crippen LogP contribution in [0.15, 0.2) is 77.7 Å². The number of aromatic nitrogens is 1. The van der Waals surface area contributed by atoms with E-state index in [1.807, 2.05) is 25.1 Å². The maximum atomic E-state index is 12.5. The van der Waals surface area contributed by atoms with Crippen LogP contribution in [0.25, 0.3) is 10.2 Å². The Morgan fingerprint density at radius 2 is 1.53 bits per heavy atom. The lowest BCUT2D eigenvalue weighted by molar-refractivity contribution is 0.262. The molecule has 0 bridgehead atoms. The van der Waals surface area contributed by atoms with E-state index < -0.39 is 10.0 Å². The van der Waals surface area contributed by atoms with Crippen LogP contribution in [0.2, 0.25) is 0 Å². The first kappa shape index (κ1) is 19.9. The number of hydrogen-bond donors (Lipinski definition) is 3. The van der Waals surface area contributed by atoms with E-state index in [0.29, 0.717) is 16.9 Å². The van der Waals surface area contributed by atoms with Gasteiger partial charge in [0.1, 0.15) is 0 Å². The molecular weight excluding hydrogens is 420 g/mol. The first-order chi connectivity index (χ1) is 14.4. The summed E-state index contributed by atoms with van der Waals surface area (Å²) in [6, 6.07) is 20.4. The van der Waals surface area contributed by atoms with Crippen molar-refractivity contribution in [1.29, 1.82) is 0 Å². The van der Waals surface area contributed by atoms with Gasteiger partial charge in [0, 0.05) is 11.4 Å². The highest BCUT2D eigenvalue weighted by Crippen LogP contribution is 2.32. The van der Waals surface area contributed by atoms with Crippen molar-refractivity contribution in [3.63, 3.8) is 0 Å². The molecule has 152 valence electrons. The largest absolute Gasteiger partial charge is 0.323 e. The molecule has 0 atom stereocenters. The maximum absolute atomic E-state index is 12.5. The topological polar surface area (TPSA) is 100 Å². The number of aryl methyl sites for hydroxylation is 1. The second kappa shape index (κ2) is 8.13. The molecule has 9 heteroatoms. The first-order valence-corrected chi connectivity index (χ1v) is 11.3. The molecule has 1 aromatic heterocycles. The molecule has 3 N–H and O–H groups in total. The van der Waals surface area contributed by atoms with Crippen molar-refractivity contribution in [1.82, 2.24) is 4.98 Å². The summed E-state index contributed by atoms with van der Waals surface area (Å²) in [7, 11) is -3.72. The van der Waals surface area contributed by atoms with E-state index in [1.165, 1.54) is 23.5 Å². The number of hydrogen-bond acceptors (Lipinski definition) is 5. The van der Waals surface area contributed by atoms with Crippen molar-refractivity contribution in [2.45, 2.75) is 11.8 Å². The zero-order chi connectivity index (χ0) is 21.1. The average molecular weight is 439 g/mol. The molecule has 30 heavy (non-hydrogen) atoms. The highest BCUT2D eigenvalue weighted by Gasteiger charge is 2.17. The third-order valence-electron chi connectivity index (χ3n) is 4.25. The molecule has 3 aromatic carbocycles. The molecule has 0 aliphatic carbocycles. The highest BCUT2D eigenvalue weighted by molar-refractivity contribution is 7.93. The molecule has 0 radical (unpaired) electrons. The minimum Gasteiger partial charge on any atom is -0.308 e. The molecule has 1 heterocycles. The summed E-state index contributed by atoms with van der Waals surface area (Å²) in [4.78, 5) is 16.8. The van der Waals surface area contributed by atoms with Gasteiger partial charge >= 0.3 is 6.03 Å². The lowest BCUT2D eigenvalue weighted by Crippen LogP contribution is -2.19. The summed E-state index contributed by atoms with van der Waals surface area (Å²) in [5.41, 5.74) is 2.78. The zero-order valence-electron chi connectivity index (χ0n) is 15.9. The third kappa shape index (κ3) is 4.42. The number of benzene rings is 3. The quantitative estimate of drug-likeness (QED) is 0.406. The van der Waals surface area contributed by atoms with Gasteiger partial charge in [-0.3, -0.25) is 4.72 Å². The fraction of sp³-hybridized carbons (Fsp3) is 0.0476. The maximum Gasteiger partial charge on any atom is 0.323 e. The molecule has 0 spiro atoms. The number of urea groups is 1. The zero-order valence-corrected chi connectivity index (χ0v) is 17.5. The number of rotatable bonds is 5. The Hall–Kier alpha value is -3.43. The Bertz CT molecular complexity index is 1300. The lowest BCUT2D eigenvalue weighted by Gasteiger charge is -2.08. The Balaban J connectivity index is 1.55. The van der Waals surface area contributed by atoms with Gasteiger partial charge < -0.3 is 10.6 Å². The predicted octanol–water partition coefficient (Wildman–Crippen LogP) is 5.05. The van der Waals surface area contributed by atoms with Gasteiger partial charge in [-0.25, -0.2) is 18.2 Å². The smallest absolute Gasteiger partial charge is 0.308 e. The number of nitrogens with one attached hydrogen (secondary N) is 3. The summed E-state index contributed by atoms with van der Waals surface area (Å²) < 4.78 is 28.4. The Morgan fingerprint density at radius 3 is 2.23 bits per heavy atom. The van der Waals surface area contributed by atoms with Crippen LogP contribution in [0.4, 0.5) is 21.3 Å². The van der Waals surface area contributed by atoms with Crippen molar-refractivity contribution in [3.8, 4) is 0 Å². The number of fused-ring (bicyclic) bond motifs is 1. The second-order valence-corrected chi connectivity index (χ2v) is 9.24. The molecule has 0 fully saturated rings. The normalized spacial score (nSPS) is 11.2. The van der Waals surface area contributed by atoms with Crippen LogP contribution in [0.1, 0.15) is 5.56 Å². The van der Waals surface area contributed by atoms with Gasteiger partial charge in [0.25, 0.3) is 10.0 Å². The monoisotopic (exact) mass is 438 g/mol. The van der Waals surface area contributed by atoms with Crippen LogP contribution in [0, 0.1) is 6.92 Å². The van der Waals surface area contributed by atoms with Gasteiger partial charge in [0.05, 0.1) is 15.1 Å². The van der Waals surface area contributed by atoms with Crippen LogP contribution in [-0.4, -0.2) is 19.4 Å². The minimum atomic E-state index is -3.72. The van der Waals surface area contributed by atoms with E-state index in [9.17, 15) is 13.2 Å². The summed E-state index contributed by atoms with van der Waals surface area (Å²) in [6.07, 6.45) is 0. The number of thiazole rings is 1. The second-order valence-electron chi connectivity index (χ2n) is 6.52. The molecule has 7 nitrogen and oxygen atoms in total. The summed E-state index contributed by atoms with van der Waals surface area (Å²) >= 11 is 1.21. The van der Waals surface area contributed by atoms with Gasteiger partial charge in [-0.2, -0.15) is 0 Å². The fourth-order valence-corrected chi connectivity index (χ4v) is 5.14. The van der Waals surface area contributed by atoms with E-state index in [2.05, 4.69) is 20.3 Å². The molecular formula is C21H18N4O3S2. The van der Waals surface area contributed by atoms with E-state index in [-0.39, 0.29) is 16.1 Å². The molecule has 0 saturated carbocycles. The Morgan fingerprint density at radius 1 is 0.900 bits per heavy atom. The lowest BCUT2D eigenvalue weighted by atomic mass is 10.2. The van der Waals surface area contributed by atoms with Crippen molar-refractivity contribution in [3.05, 3.63) is 78.4 Å². The highest BCUT2D eigenvalue weighted by atomic mass is 32.2. The van der Waals surface area contributed by atoms with Gasteiger partial charge in [-0.1, -0.05) is 47.7 Å². The molecule has 0 aliphatic rings. The van der Waals surface area contributed by atoms with Crippen LogP contribution in [0.3, 0.4) is 0 Å². The first-order valence-electron chi connectivity index (χ1n) is 9.03. The predicted molar refractivity (Wildman–Crippen MR) is 121 cm³/mol. The number of anilines is 3. The Labute approximate surface area is 177 Å². The fourth-order valence-electron chi connectivity index (χ4n) is 2.90. The average Bonchev–Trinajstić information content (AvgIpc) is 3.11. The van der Waals surface area contributed by atoms with Gasteiger partial charge in [-0.05, 0) is 48.9 Å². The van der Waals surface area contributed by atoms with Crippen molar-refractivity contribution >= 4 is 54.1 Å². The van der Waals surface area contributed by atoms with Crippen molar-refractivity contribution in [2.24, 2.45) is 0 Å². The van der Waals surface area contributed by atoms with E-state index in [4.69, 9.17) is 0 Å². The molecule has 0 aliphatic heterocycles. The summed E-state index contributed by atoms with van der Waals surface area (Å²) in [5.74, 6) is 0. The van der Waals surface area contributed by atoms with E-state index in [1.54, 1.807) is 42.5 Å². The summed E-state index contributed by atoms with van der Waals surface area (Å²) in [5, 5.41) is 5.82.